The molecule has 0 heterocycles. The van der Waals surface area contributed by atoms with Crippen molar-refractivity contribution in [3.8, 4) is 0 Å². The predicted molar refractivity (Wildman–Crippen MR) is 97.5 cm³/mol. The molecular weight excluding hydrogens is 339 g/mol. The molecule has 6 nitrogen and oxygen atoms in total. The summed E-state index contributed by atoms with van der Waals surface area (Å²) in [5.74, 6) is -2.40. The number of carbonyl (C=O) groups is 3. The second kappa shape index (κ2) is 9.31. The molecule has 3 N–H and O–H groups in total. The molecule has 0 aliphatic heterocycles. The number of halogens is 1. The second-order valence-corrected chi connectivity index (χ2v) is 6.82. The van der Waals surface area contributed by atoms with Crippen molar-refractivity contribution in [3.63, 3.8) is 0 Å². The third-order valence-corrected chi connectivity index (χ3v) is 4.49. The van der Waals surface area contributed by atoms with Gasteiger partial charge in [0.25, 0.3) is 5.91 Å². The Morgan fingerprint density at radius 2 is 1.81 bits per heavy atom. The van der Waals surface area contributed by atoms with Gasteiger partial charge >= 0.3 is 5.97 Å². The largest absolute Gasteiger partial charge is 0.481 e. The van der Waals surface area contributed by atoms with E-state index in [1.165, 1.54) is 12.1 Å². The summed E-state index contributed by atoms with van der Waals surface area (Å²) in [4.78, 5) is 35.4. The first-order chi connectivity index (χ1) is 12.1. The van der Waals surface area contributed by atoms with Gasteiger partial charge in [-0.05, 0) is 37.0 Å². The third-order valence-electron chi connectivity index (χ3n) is 4.49. The van der Waals surface area contributed by atoms with Crippen LogP contribution in [0.25, 0.3) is 0 Å². The smallest absolute Gasteiger partial charge is 0.311 e. The van der Waals surface area contributed by atoms with E-state index >= 15 is 0 Å². The van der Waals surface area contributed by atoms with Crippen LogP contribution >= 0.6 is 0 Å². The molecule has 1 rings (SSSR count). The van der Waals surface area contributed by atoms with Crippen molar-refractivity contribution in [3.05, 3.63) is 29.6 Å². The molecule has 0 aliphatic rings. The molecule has 0 spiro atoms. The Morgan fingerprint density at radius 3 is 2.27 bits per heavy atom. The van der Waals surface area contributed by atoms with Crippen LogP contribution in [0, 0.1) is 17.2 Å². The highest BCUT2D eigenvalue weighted by Gasteiger charge is 2.35. The van der Waals surface area contributed by atoms with Crippen LogP contribution in [0.3, 0.4) is 0 Å². The number of benzene rings is 1. The summed E-state index contributed by atoms with van der Waals surface area (Å²) in [5, 5.41) is 14.4. The minimum atomic E-state index is -1.04. The van der Waals surface area contributed by atoms with E-state index in [-0.39, 0.29) is 36.0 Å². The summed E-state index contributed by atoms with van der Waals surface area (Å²) in [6.45, 7) is 7.22. The quantitative estimate of drug-likeness (QED) is 0.624. The van der Waals surface area contributed by atoms with Gasteiger partial charge in [0.05, 0.1) is 11.1 Å². The molecule has 0 atom stereocenters. The first-order valence-corrected chi connectivity index (χ1v) is 8.76. The van der Waals surface area contributed by atoms with Crippen LogP contribution in [0.15, 0.2) is 18.2 Å². The molecule has 0 saturated heterocycles. The number of carbonyl (C=O) groups excluding carboxylic acids is 2. The van der Waals surface area contributed by atoms with Crippen LogP contribution in [0.4, 0.5) is 10.1 Å². The Morgan fingerprint density at radius 1 is 1.19 bits per heavy atom. The fourth-order valence-electron chi connectivity index (χ4n) is 2.56. The van der Waals surface area contributed by atoms with E-state index in [4.69, 9.17) is 0 Å². The van der Waals surface area contributed by atoms with Crippen LogP contribution in [-0.2, 0) is 9.59 Å². The average molecular weight is 366 g/mol. The van der Waals surface area contributed by atoms with Crippen LogP contribution in [0.2, 0.25) is 0 Å². The van der Waals surface area contributed by atoms with Crippen molar-refractivity contribution in [1.29, 1.82) is 0 Å². The lowest BCUT2D eigenvalue weighted by Gasteiger charge is -2.26. The summed E-state index contributed by atoms with van der Waals surface area (Å²) in [5.41, 5.74) is -0.969. The minimum absolute atomic E-state index is 0.00852. The Labute approximate surface area is 153 Å². The van der Waals surface area contributed by atoms with Crippen LogP contribution < -0.4 is 10.6 Å². The molecule has 7 heteroatoms. The van der Waals surface area contributed by atoms with Gasteiger partial charge in [-0.25, -0.2) is 4.39 Å². The van der Waals surface area contributed by atoms with Gasteiger partial charge in [-0.1, -0.05) is 27.7 Å². The maximum Gasteiger partial charge on any atom is 0.311 e. The van der Waals surface area contributed by atoms with E-state index in [9.17, 15) is 23.9 Å². The average Bonchev–Trinajstić information content (AvgIpc) is 2.56. The SMILES string of the molecule is CCC(CC)(CNC(=O)c1ccc(NC(=O)CC(C)C)c(F)c1)C(=O)O. The summed E-state index contributed by atoms with van der Waals surface area (Å²) in [6.07, 6.45) is 1.01. The molecule has 26 heavy (non-hydrogen) atoms. The number of carboxylic acids is 1. The normalized spacial score (nSPS) is 11.3. The Kier molecular flexibility index (Phi) is 7.74. The van der Waals surface area contributed by atoms with Gasteiger partial charge in [-0.3, -0.25) is 14.4 Å². The standard InChI is InChI=1S/C19H27FN2O4/c1-5-19(6-2,18(25)26)11-21-17(24)13-7-8-15(14(20)10-13)22-16(23)9-12(3)4/h7-8,10,12H,5-6,9,11H2,1-4H3,(H,21,24)(H,22,23)(H,25,26). The Hall–Kier alpha value is -2.44. The fourth-order valence-corrected chi connectivity index (χ4v) is 2.56. The fraction of sp³-hybridized carbons (Fsp3) is 0.526. The maximum absolute atomic E-state index is 14.2. The monoisotopic (exact) mass is 366 g/mol. The summed E-state index contributed by atoms with van der Waals surface area (Å²) in [6, 6.07) is 3.75. The molecule has 144 valence electrons. The number of carboxylic acid groups (broad SMARTS) is 1. The summed E-state index contributed by atoms with van der Waals surface area (Å²) >= 11 is 0. The van der Waals surface area contributed by atoms with E-state index in [1.54, 1.807) is 13.8 Å². The zero-order valence-electron chi connectivity index (χ0n) is 15.7. The summed E-state index contributed by atoms with van der Waals surface area (Å²) < 4.78 is 14.2. The molecule has 1 aromatic rings. The van der Waals surface area contributed by atoms with Crippen molar-refractivity contribution in [2.45, 2.75) is 47.0 Å². The molecule has 0 saturated carbocycles. The van der Waals surface area contributed by atoms with Crippen LogP contribution in [-0.4, -0.2) is 29.4 Å². The van der Waals surface area contributed by atoms with E-state index in [1.807, 2.05) is 13.8 Å². The molecule has 1 aromatic carbocycles. The van der Waals surface area contributed by atoms with E-state index in [0.29, 0.717) is 12.8 Å². The molecular formula is C19H27FN2O4. The van der Waals surface area contributed by atoms with E-state index in [0.717, 1.165) is 6.07 Å². The lowest BCUT2D eigenvalue weighted by Crippen LogP contribution is -2.42. The van der Waals surface area contributed by atoms with Crippen LogP contribution in [0.1, 0.15) is 57.3 Å². The predicted octanol–water partition coefficient (Wildman–Crippen LogP) is 3.43. The highest BCUT2D eigenvalue weighted by molar-refractivity contribution is 5.96. The van der Waals surface area contributed by atoms with E-state index < -0.39 is 23.1 Å². The molecule has 0 aliphatic carbocycles. The highest BCUT2D eigenvalue weighted by Crippen LogP contribution is 2.26. The molecule has 2 amide bonds. The number of aliphatic carboxylic acids is 1. The summed E-state index contributed by atoms with van der Waals surface area (Å²) in [7, 11) is 0. The maximum atomic E-state index is 14.2. The second-order valence-electron chi connectivity index (χ2n) is 6.82. The first-order valence-electron chi connectivity index (χ1n) is 8.76. The minimum Gasteiger partial charge on any atom is -0.481 e. The molecule has 0 radical (unpaired) electrons. The molecule has 0 aromatic heterocycles. The van der Waals surface area contributed by atoms with Crippen molar-refractivity contribution in [2.75, 3.05) is 11.9 Å². The van der Waals surface area contributed by atoms with Gasteiger partial charge in [0.2, 0.25) is 5.91 Å². The van der Waals surface area contributed by atoms with Crippen molar-refractivity contribution >= 4 is 23.5 Å². The topological polar surface area (TPSA) is 95.5 Å². The van der Waals surface area contributed by atoms with Gasteiger partial charge in [-0.15, -0.1) is 0 Å². The zero-order valence-corrected chi connectivity index (χ0v) is 15.7. The van der Waals surface area contributed by atoms with Crippen LogP contribution in [0.5, 0.6) is 0 Å². The van der Waals surface area contributed by atoms with Crippen molar-refractivity contribution < 1.29 is 23.9 Å². The lowest BCUT2D eigenvalue weighted by molar-refractivity contribution is -0.149. The highest BCUT2D eigenvalue weighted by atomic mass is 19.1. The Bertz CT molecular complexity index is 670. The van der Waals surface area contributed by atoms with Crippen molar-refractivity contribution in [2.24, 2.45) is 11.3 Å². The lowest BCUT2D eigenvalue weighted by atomic mass is 9.82. The molecule has 0 fully saturated rings. The molecule has 0 bridgehead atoms. The van der Waals surface area contributed by atoms with Gasteiger partial charge in [-0.2, -0.15) is 0 Å². The van der Waals surface area contributed by atoms with Gasteiger partial charge in [0, 0.05) is 18.5 Å². The number of anilines is 1. The van der Waals surface area contributed by atoms with Gasteiger partial charge in [0.1, 0.15) is 5.82 Å². The van der Waals surface area contributed by atoms with Gasteiger partial charge < -0.3 is 15.7 Å². The number of hydrogen-bond acceptors (Lipinski definition) is 3. The Balaban J connectivity index is 2.81. The number of rotatable bonds is 9. The number of amides is 2. The number of nitrogens with one attached hydrogen (secondary N) is 2. The first kappa shape index (κ1) is 21.6. The van der Waals surface area contributed by atoms with Crippen molar-refractivity contribution in [1.82, 2.24) is 5.32 Å². The number of hydrogen-bond donors (Lipinski definition) is 3. The molecule has 0 unspecified atom stereocenters. The van der Waals surface area contributed by atoms with Gasteiger partial charge in [0.15, 0.2) is 0 Å². The zero-order chi connectivity index (χ0) is 19.9. The third kappa shape index (κ3) is 5.54. The van der Waals surface area contributed by atoms with E-state index in [2.05, 4.69) is 10.6 Å².